The van der Waals surface area contributed by atoms with Crippen LogP contribution in [0.1, 0.15) is 35.4 Å². The fourth-order valence-electron chi connectivity index (χ4n) is 5.77. The summed E-state index contributed by atoms with van der Waals surface area (Å²) in [5.74, 6) is 1.04. The molecule has 2 aromatic carbocycles. The van der Waals surface area contributed by atoms with Gasteiger partial charge in [0.15, 0.2) is 5.82 Å². The molecule has 2 saturated heterocycles. The van der Waals surface area contributed by atoms with E-state index in [4.69, 9.17) is 5.10 Å². The van der Waals surface area contributed by atoms with Gasteiger partial charge in [-0.15, -0.1) is 5.10 Å². The third-order valence-corrected chi connectivity index (χ3v) is 7.98. The van der Waals surface area contributed by atoms with Crippen molar-refractivity contribution in [2.45, 2.75) is 46.2 Å². The van der Waals surface area contributed by atoms with Crippen molar-refractivity contribution in [3.8, 4) is 5.69 Å². The van der Waals surface area contributed by atoms with Crippen molar-refractivity contribution in [3.63, 3.8) is 0 Å². The van der Waals surface area contributed by atoms with Crippen molar-refractivity contribution in [1.82, 2.24) is 30.2 Å². The van der Waals surface area contributed by atoms with E-state index in [1.54, 1.807) is 0 Å². The number of aromatic nitrogens is 4. The van der Waals surface area contributed by atoms with Crippen LogP contribution in [0.2, 0.25) is 0 Å². The third-order valence-electron chi connectivity index (χ3n) is 7.98. The molecule has 4 aromatic rings. The number of aryl methyl sites for hydroxylation is 3. The molecule has 196 valence electrons. The van der Waals surface area contributed by atoms with Gasteiger partial charge in [0.05, 0.1) is 28.5 Å². The van der Waals surface area contributed by atoms with Crippen molar-refractivity contribution in [1.29, 1.82) is 0 Å². The third kappa shape index (κ3) is 4.76. The Morgan fingerprint density at radius 3 is 2.37 bits per heavy atom. The molecule has 2 aliphatic rings. The van der Waals surface area contributed by atoms with Gasteiger partial charge in [0.2, 0.25) is 5.91 Å². The van der Waals surface area contributed by atoms with Gasteiger partial charge in [-0.2, -0.15) is 10.2 Å². The summed E-state index contributed by atoms with van der Waals surface area (Å²) in [4.78, 5) is 17.6. The smallest absolute Gasteiger partial charge is 0.223 e. The van der Waals surface area contributed by atoms with E-state index in [2.05, 4.69) is 87.7 Å². The molecule has 0 spiro atoms. The van der Waals surface area contributed by atoms with E-state index in [0.29, 0.717) is 0 Å². The van der Waals surface area contributed by atoms with Gasteiger partial charge in [-0.25, -0.2) is 4.68 Å². The Hall–Kier alpha value is -3.78. The first-order chi connectivity index (χ1) is 18.5. The summed E-state index contributed by atoms with van der Waals surface area (Å²) in [5, 5.41) is 18.4. The molecule has 0 bridgehead atoms. The molecule has 1 N–H and O–H groups in total. The van der Waals surface area contributed by atoms with Crippen LogP contribution < -0.4 is 10.2 Å². The zero-order chi connectivity index (χ0) is 26.2. The van der Waals surface area contributed by atoms with Crippen molar-refractivity contribution >= 4 is 22.6 Å². The van der Waals surface area contributed by atoms with Crippen LogP contribution in [-0.4, -0.2) is 63.0 Å². The molecule has 0 radical (unpaired) electrons. The lowest BCUT2D eigenvalue weighted by Gasteiger charge is -2.41. The number of benzene rings is 2. The molecule has 38 heavy (non-hydrogen) atoms. The lowest BCUT2D eigenvalue weighted by Crippen LogP contribution is -2.59. The molecule has 8 nitrogen and oxygen atoms in total. The number of carbonyl (C=O) groups excluding carboxylic acids is 1. The first kappa shape index (κ1) is 24.6. The standard InChI is InChI=1S/C30H35N7O/c1-20-9-11-26(12-10-20)37-22(3)27-21(2)32-33-29(28(27)34-37)36-15-13-24(14-16-36)30(38)31-25-18-35(19-25)17-23-7-5-4-6-8-23/h4-12,24-25H,13-19H2,1-3H3,(H,31,38). The van der Waals surface area contributed by atoms with Crippen molar-refractivity contribution < 1.29 is 4.79 Å². The number of nitrogens with one attached hydrogen (secondary N) is 1. The van der Waals surface area contributed by atoms with Crippen LogP contribution in [0.4, 0.5) is 5.82 Å². The number of hydrogen-bond acceptors (Lipinski definition) is 6. The molecule has 8 heteroatoms. The zero-order valence-corrected chi connectivity index (χ0v) is 22.4. The maximum Gasteiger partial charge on any atom is 0.223 e. The number of likely N-dealkylation sites (tertiary alicyclic amines) is 1. The highest BCUT2D eigenvalue weighted by atomic mass is 16.2. The first-order valence-electron chi connectivity index (χ1n) is 13.6. The zero-order valence-electron chi connectivity index (χ0n) is 22.4. The number of anilines is 1. The maximum atomic E-state index is 13.0. The lowest BCUT2D eigenvalue weighted by molar-refractivity contribution is -0.127. The van der Waals surface area contributed by atoms with Crippen LogP contribution in [0.25, 0.3) is 16.6 Å². The van der Waals surface area contributed by atoms with E-state index in [-0.39, 0.29) is 17.9 Å². The quantitative estimate of drug-likeness (QED) is 0.424. The molecule has 0 saturated carbocycles. The molecule has 4 heterocycles. The summed E-state index contributed by atoms with van der Waals surface area (Å²) >= 11 is 0. The highest BCUT2D eigenvalue weighted by Crippen LogP contribution is 2.31. The number of amides is 1. The van der Waals surface area contributed by atoms with Crippen molar-refractivity contribution in [2.75, 3.05) is 31.1 Å². The number of rotatable bonds is 6. The second-order valence-electron chi connectivity index (χ2n) is 10.8. The maximum absolute atomic E-state index is 13.0. The Morgan fingerprint density at radius 2 is 1.66 bits per heavy atom. The second-order valence-corrected chi connectivity index (χ2v) is 10.8. The van der Waals surface area contributed by atoms with Crippen molar-refractivity contribution in [3.05, 3.63) is 77.1 Å². The SMILES string of the molecule is Cc1ccc(-n2nc3c(N4CCC(C(=O)NC5CN(Cc6ccccc6)C5)CC4)nnc(C)c3c2C)cc1. The van der Waals surface area contributed by atoms with Gasteiger partial charge < -0.3 is 10.2 Å². The Bertz CT molecular complexity index is 1430. The minimum Gasteiger partial charge on any atom is -0.353 e. The number of nitrogens with zero attached hydrogens (tertiary/aromatic N) is 6. The van der Waals surface area contributed by atoms with E-state index in [1.165, 1.54) is 11.1 Å². The first-order valence-corrected chi connectivity index (χ1v) is 13.6. The summed E-state index contributed by atoms with van der Waals surface area (Å²) in [7, 11) is 0. The minimum atomic E-state index is 0.0372. The van der Waals surface area contributed by atoms with Gasteiger partial charge in [0.25, 0.3) is 0 Å². The van der Waals surface area contributed by atoms with Crippen LogP contribution in [-0.2, 0) is 11.3 Å². The van der Waals surface area contributed by atoms with E-state index >= 15 is 0 Å². The monoisotopic (exact) mass is 509 g/mol. The highest BCUT2D eigenvalue weighted by molar-refractivity contribution is 5.92. The number of fused-ring (bicyclic) bond motifs is 1. The molecular weight excluding hydrogens is 474 g/mol. The summed E-state index contributed by atoms with van der Waals surface area (Å²) in [6, 6.07) is 19.1. The predicted octanol–water partition coefficient (Wildman–Crippen LogP) is 3.96. The largest absolute Gasteiger partial charge is 0.353 e. The lowest BCUT2D eigenvalue weighted by atomic mass is 9.95. The van der Waals surface area contributed by atoms with Gasteiger partial charge in [-0.05, 0) is 51.3 Å². The van der Waals surface area contributed by atoms with Crippen LogP contribution >= 0.6 is 0 Å². The summed E-state index contributed by atoms with van der Waals surface area (Å²) < 4.78 is 1.99. The molecule has 0 unspecified atom stereocenters. The highest BCUT2D eigenvalue weighted by Gasteiger charge is 2.32. The topological polar surface area (TPSA) is 79.2 Å². The van der Waals surface area contributed by atoms with E-state index in [0.717, 1.165) is 79.4 Å². The fourth-order valence-corrected chi connectivity index (χ4v) is 5.77. The average Bonchev–Trinajstić information content (AvgIpc) is 3.26. The van der Waals surface area contributed by atoms with Crippen LogP contribution in [0.3, 0.4) is 0 Å². The van der Waals surface area contributed by atoms with E-state index < -0.39 is 0 Å². The minimum absolute atomic E-state index is 0.0372. The fraction of sp³-hybridized carbons (Fsp3) is 0.400. The Labute approximate surface area is 223 Å². The Kier molecular flexibility index (Phi) is 6.57. The van der Waals surface area contributed by atoms with Gasteiger partial charge in [0.1, 0.15) is 5.52 Å². The van der Waals surface area contributed by atoms with E-state index in [1.807, 2.05) is 17.7 Å². The number of carbonyl (C=O) groups is 1. The summed E-state index contributed by atoms with van der Waals surface area (Å²) in [6.07, 6.45) is 1.61. The Morgan fingerprint density at radius 1 is 0.947 bits per heavy atom. The van der Waals surface area contributed by atoms with Crippen molar-refractivity contribution in [2.24, 2.45) is 5.92 Å². The molecule has 2 fully saturated rings. The molecule has 6 rings (SSSR count). The Balaban J connectivity index is 1.09. The number of hydrogen-bond donors (Lipinski definition) is 1. The predicted molar refractivity (Wildman–Crippen MR) is 149 cm³/mol. The molecule has 0 aliphatic carbocycles. The second kappa shape index (κ2) is 10.2. The van der Waals surface area contributed by atoms with Gasteiger partial charge in [0, 0.05) is 38.6 Å². The van der Waals surface area contributed by atoms with Gasteiger partial charge in [-0.1, -0.05) is 48.0 Å². The van der Waals surface area contributed by atoms with Crippen LogP contribution in [0.15, 0.2) is 54.6 Å². The summed E-state index contributed by atoms with van der Waals surface area (Å²) in [6.45, 7) is 10.5. The average molecular weight is 510 g/mol. The number of piperidine rings is 1. The van der Waals surface area contributed by atoms with Crippen LogP contribution in [0.5, 0.6) is 0 Å². The molecule has 2 aromatic heterocycles. The van der Waals surface area contributed by atoms with Crippen LogP contribution in [0, 0.1) is 26.7 Å². The molecule has 0 atom stereocenters. The van der Waals surface area contributed by atoms with Gasteiger partial charge >= 0.3 is 0 Å². The molecule has 2 aliphatic heterocycles. The van der Waals surface area contributed by atoms with Gasteiger partial charge in [-0.3, -0.25) is 9.69 Å². The molecular formula is C30H35N7O. The normalized spacial score (nSPS) is 17.1. The molecule has 1 amide bonds. The summed E-state index contributed by atoms with van der Waals surface area (Å²) in [5.41, 5.74) is 6.40. The van der Waals surface area contributed by atoms with E-state index in [9.17, 15) is 4.79 Å².